The molecule has 0 aromatic carbocycles. The van der Waals surface area contributed by atoms with Crippen molar-refractivity contribution in [1.29, 1.82) is 0 Å². The summed E-state index contributed by atoms with van der Waals surface area (Å²) < 4.78 is 5.92. The van der Waals surface area contributed by atoms with Crippen LogP contribution in [0.2, 0.25) is 0 Å². The van der Waals surface area contributed by atoms with E-state index in [-0.39, 0.29) is 11.6 Å². The van der Waals surface area contributed by atoms with Gasteiger partial charge in [-0.15, -0.1) is 0 Å². The van der Waals surface area contributed by atoms with E-state index in [1.165, 1.54) is 12.8 Å². The van der Waals surface area contributed by atoms with Crippen LogP contribution >= 0.6 is 0 Å². The first kappa shape index (κ1) is 14.3. The minimum absolute atomic E-state index is 0.0658. The zero-order chi connectivity index (χ0) is 14.3. The minimum Gasteiger partial charge on any atom is -0.480 e. The van der Waals surface area contributed by atoms with Gasteiger partial charge in [-0.2, -0.15) is 0 Å². The Bertz CT molecular complexity index is 386. The first-order chi connectivity index (χ1) is 9.54. The lowest BCUT2D eigenvalue weighted by Crippen LogP contribution is -2.51. The average Bonchev–Trinajstić information content (AvgIpc) is 2.98. The van der Waals surface area contributed by atoms with Crippen LogP contribution in [0, 0.1) is 11.8 Å². The first-order valence-corrected chi connectivity index (χ1v) is 8.16. The molecule has 1 N–H and O–H groups in total. The number of carbonyl (C=O) groups is 1. The van der Waals surface area contributed by atoms with E-state index in [1.807, 2.05) is 0 Å². The average molecular weight is 281 g/mol. The van der Waals surface area contributed by atoms with Gasteiger partial charge in [0.25, 0.3) is 0 Å². The van der Waals surface area contributed by atoms with Crippen LogP contribution in [0.5, 0.6) is 0 Å². The SMILES string of the molecule is CCC1(C)CC(N2CC3CCCC3C2C(=O)O)CCO1. The van der Waals surface area contributed by atoms with Gasteiger partial charge in [-0.25, -0.2) is 0 Å². The van der Waals surface area contributed by atoms with E-state index in [4.69, 9.17) is 4.74 Å². The molecule has 0 spiro atoms. The van der Waals surface area contributed by atoms with Gasteiger partial charge in [0, 0.05) is 19.2 Å². The molecule has 3 fully saturated rings. The fraction of sp³-hybridized carbons (Fsp3) is 0.938. The van der Waals surface area contributed by atoms with E-state index in [1.54, 1.807) is 0 Å². The monoisotopic (exact) mass is 281 g/mol. The van der Waals surface area contributed by atoms with E-state index >= 15 is 0 Å². The van der Waals surface area contributed by atoms with E-state index < -0.39 is 5.97 Å². The number of aliphatic carboxylic acids is 1. The molecule has 2 heterocycles. The standard InChI is InChI=1S/C16H27NO3/c1-3-16(2)9-12(7-8-20-16)17-10-11-5-4-6-13(11)14(17)15(18)19/h11-14H,3-10H2,1-2H3,(H,18,19). The molecule has 0 amide bonds. The summed E-state index contributed by atoms with van der Waals surface area (Å²) in [5, 5.41) is 9.68. The lowest BCUT2D eigenvalue weighted by Gasteiger charge is -2.43. The Kier molecular flexibility index (Phi) is 3.80. The van der Waals surface area contributed by atoms with E-state index in [9.17, 15) is 9.90 Å². The van der Waals surface area contributed by atoms with Gasteiger partial charge in [-0.1, -0.05) is 13.3 Å². The molecule has 0 radical (unpaired) electrons. The van der Waals surface area contributed by atoms with Crippen LogP contribution in [0.3, 0.4) is 0 Å². The van der Waals surface area contributed by atoms with Crippen molar-refractivity contribution in [2.45, 2.75) is 70.1 Å². The molecule has 3 rings (SSSR count). The Morgan fingerprint density at radius 3 is 2.90 bits per heavy atom. The number of likely N-dealkylation sites (tertiary alicyclic amines) is 1. The van der Waals surface area contributed by atoms with Gasteiger partial charge in [-0.3, -0.25) is 9.69 Å². The first-order valence-electron chi connectivity index (χ1n) is 8.16. The number of nitrogens with zero attached hydrogens (tertiary/aromatic N) is 1. The van der Waals surface area contributed by atoms with Crippen LogP contribution in [0.1, 0.15) is 52.4 Å². The van der Waals surface area contributed by atoms with Crippen LogP contribution in [-0.2, 0) is 9.53 Å². The van der Waals surface area contributed by atoms with Gasteiger partial charge in [0.05, 0.1) is 5.60 Å². The Labute approximate surface area is 121 Å². The topological polar surface area (TPSA) is 49.8 Å². The number of hydrogen-bond donors (Lipinski definition) is 1. The summed E-state index contributed by atoms with van der Waals surface area (Å²) >= 11 is 0. The third-order valence-electron chi connectivity index (χ3n) is 5.96. The molecule has 4 nitrogen and oxygen atoms in total. The Morgan fingerprint density at radius 2 is 2.20 bits per heavy atom. The molecule has 20 heavy (non-hydrogen) atoms. The third kappa shape index (κ3) is 2.37. The highest BCUT2D eigenvalue weighted by Crippen LogP contribution is 2.45. The lowest BCUT2D eigenvalue weighted by molar-refractivity contribution is -0.148. The molecule has 0 aromatic rings. The normalized spacial score (nSPS) is 45.5. The number of ether oxygens (including phenoxy) is 1. The predicted octanol–water partition coefficient (Wildman–Crippen LogP) is 2.52. The van der Waals surface area contributed by atoms with Gasteiger partial charge < -0.3 is 9.84 Å². The van der Waals surface area contributed by atoms with Crippen LogP contribution in [0.15, 0.2) is 0 Å². The highest BCUT2D eigenvalue weighted by Gasteiger charge is 2.51. The second-order valence-electron chi connectivity index (χ2n) is 7.13. The maximum atomic E-state index is 11.8. The summed E-state index contributed by atoms with van der Waals surface area (Å²) in [7, 11) is 0. The molecule has 2 aliphatic heterocycles. The Balaban J connectivity index is 1.77. The van der Waals surface area contributed by atoms with Gasteiger partial charge >= 0.3 is 5.97 Å². The van der Waals surface area contributed by atoms with Crippen molar-refractivity contribution in [2.75, 3.05) is 13.2 Å². The van der Waals surface area contributed by atoms with E-state index in [0.29, 0.717) is 17.9 Å². The number of rotatable bonds is 3. The molecular weight excluding hydrogens is 254 g/mol. The van der Waals surface area contributed by atoms with Gasteiger partial charge in [0.1, 0.15) is 6.04 Å². The predicted molar refractivity (Wildman–Crippen MR) is 76.6 cm³/mol. The van der Waals surface area contributed by atoms with Crippen LogP contribution in [-0.4, -0.2) is 46.8 Å². The fourth-order valence-corrected chi connectivity index (χ4v) is 4.67. The summed E-state index contributed by atoms with van der Waals surface area (Å²) in [6, 6.07) is 0.145. The second kappa shape index (κ2) is 5.30. The second-order valence-corrected chi connectivity index (χ2v) is 7.13. The van der Waals surface area contributed by atoms with Crippen molar-refractivity contribution in [3.63, 3.8) is 0 Å². The van der Waals surface area contributed by atoms with E-state index in [0.717, 1.165) is 38.8 Å². The lowest BCUT2D eigenvalue weighted by atomic mass is 9.88. The van der Waals surface area contributed by atoms with Crippen molar-refractivity contribution in [2.24, 2.45) is 11.8 Å². The molecule has 2 saturated heterocycles. The van der Waals surface area contributed by atoms with Crippen molar-refractivity contribution in [1.82, 2.24) is 4.90 Å². The summed E-state index contributed by atoms with van der Waals surface area (Å²) in [6.07, 6.45) is 6.51. The zero-order valence-corrected chi connectivity index (χ0v) is 12.7. The third-order valence-corrected chi connectivity index (χ3v) is 5.96. The summed E-state index contributed by atoms with van der Waals surface area (Å²) in [5.41, 5.74) is -0.0658. The van der Waals surface area contributed by atoms with Crippen LogP contribution in [0.4, 0.5) is 0 Å². The summed E-state index contributed by atoms with van der Waals surface area (Å²) in [6.45, 7) is 6.10. The van der Waals surface area contributed by atoms with Crippen molar-refractivity contribution in [3.05, 3.63) is 0 Å². The number of fused-ring (bicyclic) bond motifs is 1. The Morgan fingerprint density at radius 1 is 1.40 bits per heavy atom. The molecule has 3 aliphatic rings. The molecule has 114 valence electrons. The molecule has 5 atom stereocenters. The van der Waals surface area contributed by atoms with E-state index in [2.05, 4.69) is 18.7 Å². The van der Waals surface area contributed by atoms with Crippen LogP contribution in [0.25, 0.3) is 0 Å². The zero-order valence-electron chi connectivity index (χ0n) is 12.7. The molecule has 1 saturated carbocycles. The molecule has 5 unspecified atom stereocenters. The van der Waals surface area contributed by atoms with Gasteiger partial charge in [-0.05, 0) is 50.9 Å². The Hall–Kier alpha value is -0.610. The van der Waals surface area contributed by atoms with Gasteiger partial charge in [0.15, 0.2) is 0 Å². The molecule has 0 aromatic heterocycles. The van der Waals surface area contributed by atoms with Crippen molar-refractivity contribution in [3.8, 4) is 0 Å². The summed E-state index contributed by atoms with van der Waals surface area (Å²) in [5.74, 6) is 0.402. The minimum atomic E-state index is -0.607. The highest BCUT2D eigenvalue weighted by atomic mass is 16.5. The van der Waals surface area contributed by atoms with Crippen molar-refractivity contribution >= 4 is 5.97 Å². The summed E-state index contributed by atoms with van der Waals surface area (Å²) in [4.78, 5) is 14.1. The quantitative estimate of drug-likeness (QED) is 0.863. The number of carboxylic acid groups (broad SMARTS) is 1. The largest absolute Gasteiger partial charge is 0.480 e. The fourth-order valence-electron chi connectivity index (χ4n) is 4.67. The number of hydrogen-bond acceptors (Lipinski definition) is 3. The van der Waals surface area contributed by atoms with Crippen molar-refractivity contribution < 1.29 is 14.6 Å². The molecule has 4 heteroatoms. The number of carboxylic acids is 1. The molecule has 1 aliphatic carbocycles. The van der Waals surface area contributed by atoms with Gasteiger partial charge in [0.2, 0.25) is 0 Å². The molecule has 0 bridgehead atoms. The molecular formula is C16H27NO3. The maximum absolute atomic E-state index is 11.8. The maximum Gasteiger partial charge on any atom is 0.321 e. The highest BCUT2D eigenvalue weighted by molar-refractivity contribution is 5.74. The smallest absolute Gasteiger partial charge is 0.321 e. The van der Waals surface area contributed by atoms with Crippen LogP contribution < -0.4 is 0 Å².